The average molecular weight is 1220 g/mol. The molecule has 0 amide bonds. The first-order chi connectivity index (χ1) is 29.8. The Kier molecular flexibility index (Phi) is 38.8. The molecule has 4 N–H and O–H groups in total. The third-order valence-electron chi connectivity index (χ3n) is 7.72. The van der Waals surface area contributed by atoms with Crippen LogP contribution < -0.4 is 114 Å². The Morgan fingerprint density at radius 2 is 1.15 bits per heavy atom. The maximum atomic E-state index is 12.5. The maximum absolute atomic E-state index is 12.5. The molecular weight excluding hydrogens is 1170 g/mol. The molecule has 5 aromatic carbocycles. The summed E-state index contributed by atoms with van der Waals surface area (Å²) in [4.78, 5) is 31.8. The molecule has 22 heteroatoms. The fraction of sp³-hybridized carbons (Fsp3) is 0.159. The van der Waals surface area contributed by atoms with Crippen molar-refractivity contribution in [3.05, 3.63) is 151 Å². The first-order valence-corrected chi connectivity index (χ1v) is 21.0. The average Bonchev–Trinajstić information content (AvgIpc) is 4.09. The van der Waals surface area contributed by atoms with Gasteiger partial charge in [-0.3, -0.25) is 33.5 Å². The van der Waals surface area contributed by atoms with Crippen LogP contribution in [0.25, 0.3) is 43.6 Å². The van der Waals surface area contributed by atoms with Crippen LogP contribution in [-0.2, 0) is 30.8 Å². The molecule has 0 unspecified atom stereocenters. The van der Waals surface area contributed by atoms with Gasteiger partial charge in [-0.05, 0) is 91.0 Å². The minimum absolute atomic E-state index is 0. The summed E-state index contributed by atoms with van der Waals surface area (Å²) < 4.78 is 22.0. The third kappa shape index (κ3) is 22.9. The Morgan fingerprint density at radius 3 is 1.68 bits per heavy atom. The van der Waals surface area contributed by atoms with Crippen molar-refractivity contribution in [2.24, 2.45) is 27.0 Å². The van der Waals surface area contributed by atoms with Crippen molar-refractivity contribution in [3.63, 3.8) is 0 Å². The smallest absolute Gasteiger partial charge is 1.00 e. The number of benzene rings is 5. The standard InChI is InChI=1S/C9H8N2O.2C8H7BrN2.C7H4BrFO.C7H5BrN2.C2H6.CH2O3.2CH4.2K.H3NO.H/c1-11-9-3-2-7(6-12)4-8(9)5-10-11;1-11-5-6-4-7(9)2-3-8(6)10-11;1-11-8-3-2-7(9)4-6(8)5-10-11;8-6-1-2-7(9)5(3-6)4-10;8-6-1-2-7-5(3-6)4-9-10-7;1-2;2-1-4-3;;;;;1-2;/h2-6H,1H3;2*2-5H,1H3;1-4H;1-4H,(H,9,10);1-2H3;1,3H;2*1H4;;;2H,1H2;/q;;;;;;;;;2*+1;;-1/p-1. The van der Waals surface area contributed by atoms with Gasteiger partial charge in [0.25, 0.3) is 6.47 Å². The van der Waals surface area contributed by atoms with E-state index in [1.54, 1.807) is 29.2 Å². The Hall–Kier alpha value is -2.21. The number of aryl methyl sites for hydroxylation is 3. The molecule has 9 aromatic rings. The summed E-state index contributed by atoms with van der Waals surface area (Å²) in [6.07, 6.45) is 8.75. The van der Waals surface area contributed by atoms with Gasteiger partial charge in [-0.25, -0.2) is 10.3 Å². The summed E-state index contributed by atoms with van der Waals surface area (Å²) in [5, 5.41) is 38.6. The van der Waals surface area contributed by atoms with Crippen LogP contribution in [0.15, 0.2) is 134 Å². The summed E-state index contributed by atoms with van der Waals surface area (Å²) in [7, 11) is 5.74. The van der Waals surface area contributed by atoms with E-state index in [1.807, 2.05) is 111 Å². The van der Waals surface area contributed by atoms with Crippen molar-refractivity contribution in [3.8, 4) is 0 Å². The first-order valence-electron chi connectivity index (χ1n) is 17.9. The fourth-order valence-corrected chi connectivity index (χ4v) is 6.54. The minimum Gasteiger partial charge on any atom is -1.00 e. The molecule has 0 spiro atoms. The number of nitrogens with one attached hydrogen (secondary N) is 1. The van der Waals surface area contributed by atoms with Crippen molar-refractivity contribution in [1.29, 1.82) is 0 Å². The Labute approximate surface area is 503 Å². The summed E-state index contributed by atoms with van der Waals surface area (Å²) in [6, 6.07) is 27.9. The molecule has 4 heterocycles. The number of aromatic amines is 1. The molecule has 0 atom stereocenters. The van der Waals surface area contributed by atoms with Crippen LogP contribution in [0, 0.1) is 5.82 Å². The molecule has 344 valence electrons. The van der Waals surface area contributed by atoms with E-state index >= 15 is 0 Å². The van der Waals surface area contributed by atoms with E-state index in [9.17, 15) is 14.0 Å². The zero-order valence-corrected chi connectivity index (χ0v) is 48.4. The van der Waals surface area contributed by atoms with E-state index in [1.165, 1.54) is 22.9 Å². The number of rotatable bonds is 3. The van der Waals surface area contributed by atoms with Crippen molar-refractivity contribution >= 4 is 126 Å². The molecule has 0 saturated carbocycles. The number of halogens is 5. The fourth-order valence-electron chi connectivity index (χ4n) is 5.03. The second kappa shape index (κ2) is 37.7. The van der Waals surface area contributed by atoms with Gasteiger partial charge in [0, 0.05) is 72.3 Å². The molecule has 0 saturated heterocycles. The Bertz CT molecular complexity index is 2790. The number of carbonyl (C=O) groups is 3. The Morgan fingerprint density at radius 1 is 0.682 bits per heavy atom. The maximum Gasteiger partial charge on any atom is 1.00 e. The number of nitrogens with zero attached hydrogens (tertiary/aromatic N) is 7. The number of carbonyl (C=O) groups excluding carboxylic acids is 3. The monoisotopic (exact) mass is 1210 g/mol. The van der Waals surface area contributed by atoms with E-state index < -0.39 is 5.82 Å². The molecule has 0 bridgehead atoms. The van der Waals surface area contributed by atoms with Crippen LogP contribution in [0.1, 0.15) is 50.8 Å². The van der Waals surface area contributed by atoms with Crippen molar-refractivity contribution in [1.82, 2.24) is 39.5 Å². The zero-order chi connectivity index (χ0) is 46.2. The van der Waals surface area contributed by atoms with Crippen LogP contribution in [0.3, 0.4) is 0 Å². The number of hydrogen-bond acceptors (Lipinski definition) is 11. The van der Waals surface area contributed by atoms with Gasteiger partial charge in [0.1, 0.15) is 12.1 Å². The number of aromatic nitrogens is 8. The SMILES string of the molecule is Brc1ccc2[nH]ncc2c1.C.C.CC.Cn1cc2cc(Br)ccc2n1.Cn1ncc2cc(Br)ccc21.Cn1ncc2cc(C=O)ccc21.NO.O=CO[O-].O=Cc1cc(Br)ccc1F.[H-].[K+].[K+]. The predicted octanol–water partition coefficient (Wildman–Crippen LogP) is 4.97. The number of hydrogen-bond donors (Lipinski definition) is 3. The van der Waals surface area contributed by atoms with Gasteiger partial charge in [0.15, 0.2) is 6.29 Å². The molecule has 66 heavy (non-hydrogen) atoms. The third-order valence-corrected chi connectivity index (χ3v) is 9.70. The molecule has 9 rings (SSSR count). The van der Waals surface area contributed by atoms with Crippen LogP contribution in [0.5, 0.6) is 0 Å². The second-order valence-electron chi connectivity index (χ2n) is 11.8. The normalized spacial score (nSPS) is 8.98. The van der Waals surface area contributed by atoms with Gasteiger partial charge in [-0.15, -0.1) is 0 Å². The number of H-pyrrole nitrogens is 1. The van der Waals surface area contributed by atoms with Gasteiger partial charge < -0.3 is 16.8 Å². The van der Waals surface area contributed by atoms with Crippen LogP contribution in [0.4, 0.5) is 4.39 Å². The summed E-state index contributed by atoms with van der Waals surface area (Å²) in [6.45, 7) is 3.82. The van der Waals surface area contributed by atoms with Crippen molar-refractivity contribution in [2.75, 3.05) is 0 Å². The zero-order valence-electron chi connectivity index (χ0n) is 36.8. The molecule has 15 nitrogen and oxygen atoms in total. The first kappa shape index (κ1) is 68.1. The van der Waals surface area contributed by atoms with Crippen LogP contribution in [0.2, 0.25) is 0 Å². The molecule has 4 aromatic heterocycles. The van der Waals surface area contributed by atoms with Gasteiger partial charge in [0.2, 0.25) is 0 Å². The van der Waals surface area contributed by atoms with Crippen molar-refractivity contribution < 1.29 is 138 Å². The van der Waals surface area contributed by atoms with E-state index in [4.69, 9.17) is 15.3 Å². The van der Waals surface area contributed by atoms with Crippen LogP contribution in [-0.4, -0.2) is 63.8 Å². The summed E-state index contributed by atoms with van der Waals surface area (Å²) >= 11 is 13.3. The Balaban J connectivity index is -0.000000350. The van der Waals surface area contributed by atoms with E-state index in [0.717, 1.165) is 52.5 Å². The van der Waals surface area contributed by atoms with E-state index in [2.05, 4.69) is 112 Å². The van der Waals surface area contributed by atoms with E-state index in [0.29, 0.717) is 16.3 Å². The second-order valence-corrected chi connectivity index (χ2v) is 15.4. The minimum atomic E-state index is -0.488. The van der Waals surface area contributed by atoms with E-state index in [-0.39, 0.29) is 131 Å². The molecule has 0 aliphatic heterocycles. The molecule has 0 aliphatic carbocycles. The van der Waals surface area contributed by atoms with Crippen molar-refractivity contribution in [2.45, 2.75) is 28.7 Å². The number of aldehydes is 2. The molecule has 0 aliphatic rings. The topological polar surface area (TPSA) is 212 Å². The summed E-state index contributed by atoms with van der Waals surface area (Å²) in [5.41, 5.74) is 5.08. The van der Waals surface area contributed by atoms with Gasteiger partial charge in [-0.1, -0.05) is 92.4 Å². The van der Waals surface area contributed by atoms with Gasteiger partial charge in [-0.2, -0.15) is 20.4 Å². The van der Waals surface area contributed by atoms with Gasteiger partial charge >= 0.3 is 103 Å². The molecule has 0 radical (unpaired) electrons. The van der Waals surface area contributed by atoms with Gasteiger partial charge in [0.05, 0.1) is 46.2 Å². The largest absolute Gasteiger partial charge is 1.00 e. The van der Waals surface area contributed by atoms with Crippen LogP contribution >= 0.6 is 63.7 Å². The molecule has 0 fully saturated rings. The summed E-state index contributed by atoms with van der Waals surface area (Å²) in [5.74, 6) is 3.01. The molecular formula is C44H50Br4FK2N9O6. The number of nitrogens with two attached hydrogens (primary N) is 1. The number of fused-ring (bicyclic) bond motifs is 4. The quantitative estimate of drug-likeness (QED) is 0.0931. The predicted molar refractivity (Wildman–Crippen MR) is 265 cm³/mol.